The number of nitrogens with zero attached hydrogens (tertiary/aromatic N) is 3. The molecule has 3 heterocycles. The molecule has 5 heteroatoms. The van der Waals surface area contributed by atoms with E-state index in [0.29, 0.717) is 12.1 Å². The zero-order valence-corrected chi connectivity index (χ0v) is 14.0. The van der Waals surface area contributed by atoms with Gasteiger partial charge in [-0.15, -0.1) is 0 Å². The number of likely N-dealkylation sites (tertiary alicyclic amines) is 1. The van der Waals surface area contributed by atoms with Crippen molar-refractivity contribution >= 4 is 5.84 Å². The second-order valence-electron chi connectivity index (χ2n) is 8.22. The zero-order valence-electron chi connectivity index (χ0n) is 14.0. The van der Waals surface area contributed by atoms with Crippen molar-refractivity contribution in [1.29, 1.82) is 0 Å². The van der Waals surface area contributed by atoms with E-state index < -0.39 is 0 Å². The SMILES string of the molecule is C[N+]1(CCNC2=NN3C4CCCC4CCC3C2N)CCCC1. The summed E-state index contributed by atoms with van der Waals surface area (Å²) >= 11 is 0. The predicted octanol–water partition coefficient (Wildman–Crippen LogP) is 1.10. The number of likely N-dealkylation sites (N-methyl/N-ethyl adjacent to an activating group) is 1. The van der Waals surface area contributed by atoms with E-state index in [1.54, 1.807) is 0 Å². The molecular formula is C17H32N5+. The van der Waals surface area contributed by atoms with E-state index in [4.69, 9.17) is 10.8 Å². The summed E-state index contributed by atoms with van der Waals surface area (Å²) in [5, 5.41) is 10.9. The molecule has 4 unspecified atom stereocenters. The van der Waals surface area contributed by atoms with Crippen LogP contribution >= 0.6 is 0 Å². The van der Waals surface area contributed by atoms with Gasteiger partial charge in [0, 0.05) is 12.8 Å². The molecule has 0 amide bonds. The third-order valence-corrected chi connectivity index (χ3v) is 6.69. The first-order valence-electron chi connectivity index (χ1n) is 9.36. The molecule has 0 aromatic carbocycles. The molecule has 0 aromatic rings. The summed E-state index contributed by atoms with van der Waals surface area (Å²) in [4.78, 5) is 0. The summed E-state index contributed by atoms with van der Waals surface area (Å²) in [6.45, 7) is 4.87. The molecule has 1 saturated carbocycles. The van der Waals surface area contributed by atoms with Gasteiger partial charge in [-0.3, -0.25) is 5.01 Å². The standard InChI is InChI=1S/C17H32N5/c1-22(10-2-3-11-22)12-9-19-17-16(18)15-8-7-13-5-4-6-14(13)21(15)20-17/h13-16H,2-12,18H2,1H3,(H,19,20)/q+1. The molecule has 0 bridgehead atoms. The maximum absolute atomic E-state index is 6.50. The highest BCUT2D eigenvalue weighted by atomic mass is 15.5. The van der Waals surface area contributed by atoms with Crippen LogP contribution < -0.4 is 11.1 Å². The molecule has 0 spiro atoms. The minimum absolute atomic E-state index is 0.102. The predicted molar refractivity (Wildman–Crippen MR) is 89.4 cm³/mol. The average Bonchev–Trinajstić information content (AvgIpc) is 3.20. The lowest BCUT2D eigenvalue weighted by Crippen LogP contribution is -2.53. The first kappa shape index (κ1) is 14.8. The number of piperidine rings is 1. The summed E-state index contributed by atoms with van der Waals surface area (Å²) in [6.07, 6.45) is 9.45. The quantitative estimate of drug-likeness (QED) is 0.768. The number of rotatable bonds is 3. The van der Waals surface area contributed by atoms with Gasteiger partial charge < -0.3 is 15.5 Å². The van der Waals surface area contributed by atoms with Crippen molar-refractivity contribution in [3.05, 3.63) is 0 Å². The van der Waals surface area contributed by atoms with Crippen LogP contribution in [0.4, 0.5) is 0 Å². The molecule has 4 atom stereocenters. The van der Waals surface area contributed by atoms with Crippen molar-refractivity contribution in [2.45, 2.75) is 63.1 Å². The molecule has 3 aliphatic heterocycles. The summed E-state index contributed by atoms with van der Waals surface area (Å²) in [6, 6.07) is 1.23. The van der Waals surface area contributed by atoms with Crippen molar-refractivity contribution in [2.24, 2.45) is 16.8 Å². The van der Waals surface area contributed by atoms with Crippen LogP contribution in [0.3, 0.4) is 0 Å². The summed E-state index contributed by atoms with van der Waals surface area (Å²) in [5.74, 6) is 1.93. The molecule has 3 fully saturated rings. The lowest BCUT2D eigenvalue weighted by molar-refractivity contribution is -0.896. The second kappa shape index (κ2) is 5.68. The number of nitrogens with two attached hydrogens (primary N) is 1. The van der Waals surface area contributed by atoms with Gasteiger partial charge in [-0.25, -0.2) is 0 Å². The van der Waals surface area contributed by atoms with Crippen LogP contribution in [-0.2, 0) is 0 Å². The van der Waals surface area contributed by atoms with Gasteiger partial charge in [0.15, 0.2) is 0 Å². The monoisotopic (exact) mass is 306 g/mol. The molecule has 0 aromatic heterocycles. The highest BCUT2D eigenvalue weighted by molar-refractivity contribution is 5.89. The maximum atomic E-state index is 6.50. The van der Waals surface area contributed by atoms with Crippen molar-refractivity contribution in [2.75, 3.05) is 33.2 Å². The third-order valence-electron chi connectivity index (χ3n) is 6.69. The molecular weight excluding hydrogens is 274 g/mol. The van der Waals surface area contributed by atoms with Crippen molar-refractivity contribution in [1.82, 2.24) is 10.3 Å². The number of hydrogen-bond donors (Lipinski definition) is 2. The highest BCUT2D eigenvalue weighted by Crippen LogP contribution is 2.41. The number of nitrogens with one attached hydrogen (secondary N) is 1. The smallest absolute Gasteiger partial charge is 0.141 e. The van der Waals surface area contributed by atoms with Gasteiger partial charge in [0.05, 0.1) is 51.4 Å². The third kappa shape index (κ3) is 2.52. The molecule has 2 saturated heterocycles. The van der Waals surface area contributed by atoms with Gasteiger partial charge in [0.1, 0.15) is 5.84 Å². The molecule has 4 rings (SSSR count). The Morgan fingerprint density at radius 3 is 2.77 bits per heavy atom. The fourth-order valence-electron chi connectivity index (χ4n) is 5.26. The van der Waals surface area contributed by atoms with Gasteiger partial charge in [0.2, 0.25) is 0 Å². The van der Waals surface area contributed by atoms with E-state index in [1.807, 2.05) is 0 Å². The minimum Gasteiger partial charge on any atom is -0.365 e. The molecule has 0 radical (unpaired) electrons. The van der Waals surface area contributed by atoms with Crippen molar-refractivity contribution in [3.8, 4) is 0 Å². The second-order valence-corrected chi connectivity index (χ2v) is 8.22. The highest BCUT2D eigenvalue weighted by Gasteiger charge is 2.46. The summed E-state index contributed by atoms with van der Waals surface area (Å²) in [7, 11) is 2.39. The van der Waals surface area contributed by atoms with Crippen LogP contribution in [0.1, 0.15) is 44.9 Å². The Balaban J connectivity index is 1.36. The number of hydrazone groups is 1. The van der Waals surface area contributed by atoms with Crippen molar-refractivity contribution < 1.29 is 4.48 Å². The first-order chi connectivity index (χ1) is 10.7. The Labute approximate surface area is 134 Å². The minimum atomic E-state index is 0.102. The lowest BCUT2D eigenvalue weighted by atomic mass is 9.87. The first-order valence-corrected chi connectivity index (χ1v) is 9.36. The number of hydrogen-bond acceptors (Lipinski definition) is 4. The van der Waals surface area contributed by atoms with Gasteiger partial charge >= 0.3 is 0 Å². The molecule has 124 valence electrons. The van der Waals surface area contributed by atoms with Gasteiger partial charge in [-0.1, -0.05) is 6.42 Å². The van der Waals surface area contributed by atoms with Gasteiger partial charge in [0.25, 0.3) is 0 Å². The van der Waals surface area contributed by atoms with Crippen LogP contribution in [0, 0.1) is 5.92 Å². The molecule has 1 aliphatic carbocycles. The van der Waals surface area contributed by atoms with E-state index in [1.165, 1.54) is 69.1 Å². The normalized spacial score (nSPS) is 39.5. The maximum Gasteiger partial charge on any atom is 0.141 e. The van der Waals surface area contributed by atoms with Crippen LogP contribution in [0.25, 0.3) is 0 Å². The summed E-state index contributed by atoms with van der Waals surface area (Å²) < 4.78 is 1.22. The van der Waals surface area contributed by atoms with Crippen LogP contribution in [0.5, 0.6) is 0 Å². The van der Waals surface area contributed by atoms with E-state index in [9.17, 15) is 0 Å². The van der Waals surface area contributed by atoms with Gasteiger partial charge in [-0.05, 0) is 31.6 Å². The number of fused-ring (bicyclic) bond motifs is 3. The van der Waals surface area contributed by atoms with Crippen LogP contribution in [-0.4, -0.2) is 66.7 Å². The zero-order chi connectivity index (χ0) is 15.2. The Hall–Kier alpha value is -0.810. The van der Waals surface area contributed by atoms with Crippen LogP contribution in [0.15, 0.2) is 5.10 Å². The van der Waals surface area contributed by atoms with E-state index >= 15 is 0 Å². The Kier molecular flexibility index (Phi) is 3.81. The molecule has 5 nitrogen and oxygen atoms in total. The Bertz CT molecular complexity index is 442. The van der Waals surface area contributed by atoms with Crippen molar-refractivity contribution in [3.63, 3.8) is 0 Å². The summed E-state index contributed by atoms with van der Waals surface area (Å²) in [5.41, 5.74) is 6.50. The van der Waals surface area contributed by atoms with E-state index in [2.05, 4.69) is 17.4 Å². The number of amidine groups is 1. The van der Waals surface area contributed by atoms with Gasteiger partial charge in [-0.2, -0.15) is 5.10 Å². The largest absolute Gasteiger partial charge is 0.365 e. The van der Waals surface area contributed by atoms with Crippen LogP contribution in [0.2, 0.25) is 0 Å². The average molecular weight is 306 g/mol. The fraction of sp³-hybridized carbons (Fsp3) is 0.941. The van der Waals surface area contributed by atoms with E-state index in [0.717, 1.165) is 18.3 Å². The Morgan fingerprint density at radius 1 is 1.14 bits per heavy atom. The van der Waals surface area contributed by atoms with E-state index in [-0.39, 0.29) is 6.04 Å². The molecule has 3 N–H and O–H groups in total. The Morgan fingerprint density at radius 2 is 1.95 bits per heavy atom. The molecule has 22 heavy (non-hydrogen) atoms. The topological polar surface area (TPSA) is 53.7 Å². The molecule has 4 aliphatic rings. The fourth-order valence-corrected chi connectivity index (χ4v) is 5.26. The number of quaternary nitrogens is 1. The lowest BCUT2D eigenvalue weighted by Gasteiger charge is -2.39.